The first-order valence-electron chi connectivity index (χ1n) is 8.25. The molecule has 1 N–H and O–H groups in total. The predicted molar refractivity (Wildman–Crippen MR) is 93.0 cm³/mol. The smallest absolute Gasteiger partial charge is 0.0896 e. The molecule has 0 amide bonds. The van der Waals surface area contributed by atoms with E-state index in [1.54, 1.807) is 0 Å². The molecule has 0 aliphatic carbocycles. The van der Waals surface area contributed by atoms with Crippen LogP contribution in [-0.2, 0) is 11.8 Å². The molecular formula is C19H25N3O. The quantitative estimate of drug-likeness (QED) is 0.890. The zero-order chi connectivity index (χ0) is 16.1. The van der Waals surface area contributed by atoms with E-state index in [0.717, 1.165) is 26.1 Å². The first-order valence-corrected chi connectivity index (χ1v) is 8.25. The van der Waals surface area contributed by atoms with Gasteiger partial charge in [-0.15, -0.1) is 0 Å². The molecular weight excluding hydrogens is 286 g/mol. The van der Waals surface area contributed by atoms with E-state index in [1.165, 1.54) is 16.7 Å². The predicted octanol–water partition coefficient (Wildman–Crippen LogP) is 3.19. The maximum Gasteiger partial charge on any atom is 0.0896 e. The summed E-state index contributed by atoms with van der Waals surface area (Å²) in [5, 5.41) is 7.84. The van der Waals surface area contributed by atoms with Crippen molar-refractivity contribution in [3.05, 3.63) is 59.4 Å². The Morgan fingerprint density at radius 3 is 2.96 bits per heavy atom. The fourth-order valence-electron chi connectivity index (χ4n) is 3.14. The third-order valence-corrected chi connectivity index (χ3v) is 4.29. The van der Waals surface area contributed by atoms with Gasteiger partial charge in [0.2, 0.25) is 0 Å². The molecule has 23 heavy (non-hydrogen) atoms. The van der Waals surface area contributed by atoms with E-state index in [-0.39, 0.29) is 6.10 Å². The zero-order valence-electron chi connectivity index (χ0n) is 13.9. The number of benzene rings is 1. The molecule has 2 unspecified atom stereocenters. The fourth-order valence-corrected chi connectivity index (χ4v) is 3.14. The number of aryl methyl sites for hydroxylation is 1. The lowest BCUT2D eigenvalue weighted by Gasteiger charge is -2.18. The zero-order valence-corrected chi connectivity index (χ0v) is 13.9. The van der Waals surface area contributed by atoms with Crippen LogP contribution >= 0.6 is 0 Å². The molecule has 1 saturated heterocycles. The van der Waals surface area contributed by atoms with Gasteiger partial charge in [0, 0.05) is 44.4 Å². The molecule has 1 aliphatic rings. The van der Waals surface area contributed by atoms with E-state index in [4.69, 9.17) is 4.74 Å². The van der Waals surface area contributed by atoms with Crippen LogP contribution in [0.2, 0.25) is 0 Å². The van der Waals surface area contributed by atoms with Gasteiger partial charge in [-0.1, -0.05) is 42.0 Å². The van der Waals surface area contributed by atoms with E-state index in [0.29, 0.717) is 5.92 Å². The third kappa shape index (κ3) is 4.30. The lowest BCUT2D eigenvalue weighted by molar-refractivity contribution is 0.0906. The van der Waals surface area contributed by atoms with Crippen LogP contribution in [0, 0.1) is 5.92 Å². The van der Waals surface area contributed by atoms with E-state index >= 15 is 0 Å². The lowest BCUT2D eigenvalue weighted by Crippen LogP contribution is -2.26. The van der Waals surface area contributed by atoms with Gasteiger partial charge in [0.25, 0.3) is 0 Å². The van der Waals surface area contributed by atoms with Crippen LogP contribution in [0.3, 0.4) is 0 Å². The van der Waals surface area contributed by atoms with Crippen LogP contribution < -0.4 is 5.32 Å². The van der Waals surface area contributed by atoms with Crippen molar-refractivity contribution in [2.75, 3.05) is 19.7 Å². The summed E-state index contributed by atoms with van der Waals surface area (Å²) in [6.07, 6.45) is 7.49. The largest absolute Gasteiger partial charge is 0.373 e. The minimum absolute atomic E-state index is 0.176. The van der Waals surface area contributed by atoms with Crippen LogP contribution in [0.5, 0.6) is 0 Å². The number of nitrogens with one attached hydrogen (secondary N) is 1. The maximum absolute atomic E-state index is 5.91. The minimum Gasteiger partial charge on any atom is -0.373 e. The Morgan fingerprint density at radius 2 is 2.22 bits per heavy atom. The third-order valence-electron chi connectivity index (χ3n) is 4.29. The highest BCUT2D eigenvalue weighted by Crippen LogP contribution is 2.33. The molecule has 0 saturated carbocycles. The van der Waals surface area contributed by atoms with Crippen molar-refractivity contribution < 1.29 is 4.74 Å². The second kappa shape index (κ2) is 7.57. The summed E-state index contributed by atoms with van der Waals surface area (Å²) in [6, 6.07) is 10.4. The fraction of sp³-hybridized carbons (Fsp3) is 0.421. The second-order valence-electron chi connectivity index (χ2n) is 6.32. The maximum atomic E-state index is 5.91. The van der Waals surface area contributed by atoms with Crippen LogP contribution in [0.25, 0.3) is 6.08 Å². The molecule has 3 rings (SSSR count). The summed E-state index contributed by atoms with van der Waals surface area (Å²) < 4.78 is 7.75. The summed E-state index contributed by atoms with van der Waals surface area (Å²) in [4.78, 5) is 0. The van der Waals surface area contributed by atoms with E-state index in [1.807, 2.05) is 24.0 Å². The van der Waals surface area contributed by atoms with E-state index < -0.39 is 0 Å². The minimum atomic E-state index is 0.176. The molecule has 0 radical (unpaired) electrons. The molecule has 122 valence electrons. The molecule has 1 fully saturated rings. The van der Waals surface area contributed by atoms with E-state index in [9.17, 15) is 0 Å². The Kier molecular flexibility index (Phi) is 5.26. The molecule has 1 aliphatic heterocycles. The van der Waals surface area contributed by atoms with Crippen molar-refractivity contribution in [3.63, 3.8) is 0 Å². The molecule has 4 nitrogen and oxygen atoms in total. The summed E-state index contributed by atoms with van der Waals surface area (Å²) in [5.74, 6) is 0.517. The average molecular weight is 311 g/mol. The van der Waals surface area contributed by atoms with Crippen LogP contribution in [0.15, 0.2) is 48.3 Å². The van der Waals surface area contributed by atoms with Crippen molar-refractivity contribution in [1.29, 1.82) is 0 Å². The Labute approximate surface area is 138 Å². The molecule has 2 atom stereocenters. The number of ether oxygens (including phenoxy) is 1. The summed E-state index contributed by atoms with van der Waals surface area (Å²) >= 11 is 0. The molecule has 2 aromatic rings. The second-order valence-corrected chi connectivity index (χ2v) is 6.32. The van der Waals surface area contributed by atoms with Crippen LogP contribution in [0.1, 0.15) is 30.6 Å². The first-order chi connectivity index (χ1) is 11.2. The molecule has 4 heteroatoms. The lowest BCUT2D eigenvalue weighted by atomic mass is 9.97. The summed E-state index contributed by atoms with van der Waals surface area (Å²) in [7, 11) is 1.95. The van der Waals surface area contributed by atoms with Crippen molar-refractivity contribution >= 4 is 6.08 Å². The van der Waals surface area contributed by atoms with Gasteiger partial charge in [-0.05, 0) is 18.9 Å². The number of rotatable bonds is 6. The highest BCUT2D eigenvalue weighted by molar-refractivity contribution is 5.52. The molecule has 0 spiro atoms. The van der Waals surface area contributed by atoms with Gasteiger partial charge >= 0.3 is 0 Å². The molecule has 1 aromatic heterocycles. The summed E-state index contributed by atoms with van der Waals surface area (Å²) in [6.45, 7) is 4.89. The molecule has 2 heterocycles. The SMILES string of the molecule is CC(=Cc1ccccc1)CNCC1CCOC1c1cnn(C)c1. The van der Waals surface area contributed by atoms with E-state index in [2.05, 4.69) is 53.9 Å². The molecule has 0 bridgehead atoms. The van der Waals surface area contributed by atoms with Gasteiger partial charge < -0.3 is 10.1 Å². The highest BCUT2D eigenvalue weighted by atomic mass is 16.5. The Bertz CT molecular complexity index is 648. The van der Waals surface area contributed by atoms with Gasteiger partial charge in [0.05, 0.1) is 12.3 Å². The standard InChI is InChI=1S/C19H25N3O/c1-15(10-16-6-4-3-5-7-16)11-20-12-17-8-9-23-19(17)18-13-21-22(2)14-18/h3-7,10,13-14,17,19-20H,8-9,11-12H2,1-2H3. The van der Waals surface area contributed by atoms with Gasteiger partial charge in [0.1, 0.15) is 0 Å². The van der Waals surface area contributed by atoms with Crippen LogP contribution in [-0.4, -0.2) is 29.5 Å². The van der Waals surface area contributed by atoms with Crippen LogP contribution in [0.4, 0.5) is 0 Å². The van der Waals surface area contributed by atoms with Gasteiger partial charge in [-0.25, -0.2) is 0 Å². The van der Waals surface area contributed by atoms with Crippen molar-refractivity contribution in [2.45, 2.75) is 19.4 Å². The van der Waals surface area contributed by atoms with Crippen molar-refractivity contribution in [3.8, 4) is 0 Å². The van der Waals surface area contributed by atoms with Crippen molar-refractivity contribution in [1.82, 2.24) is 15.1 Å². The Hall–Kier alpha value is -1.91. The monoisotopic (exact) mass is 311 g/mol. The Balaban J connectivity index is 1.51. The number of hydrogen-bond donors (Lipinski definition) is 1. The number of hydrogen-bond acceptors (Lipinski definition) is 3. The van der Waals surface area contributed by atoms with Gasteiger partial charge in [-0.2, -0.15) is 5.10 Å². The van der Waals surface area contributed by atoms with Crippen molar-refractivity contribution in [2.24, 2.45) is 13.0 Å². The topological polar surface area (TPSA) is 39.1 Å². The first kappa shape index (κ1) is 16.0. The van der Waals surface area contributed by atoms with Gasteiger partial charge in [-0.3, -0.25) is 4.68 Å². The summed E-state index contributed by atoms with van der Waals surface area (Å²) in [5.41, 5.74) is 3.78. The highest BCUT2D eigenvalue weighted by Gasteiger charge is 2.30. The molecule has 1 aromatic carbocycles. The average Bonchev–Trinajstić information content (AvgIpc) is 3.17. The normalized spacial score (nSPS) is 21.7. The number of aromatic nitrogens is 2. The van der Waals surface area contributed by atoms with Gasteiger partial charge in [0.15, 0.2) is 0 Å². The number of nitrogens with zero attached hydrogens (tertiary/aromatic N) is 2. The Morgan fingerprint density at radius 1 is 1.39 bits per heavy atom.